The highest BCUT2D eigenvalue weighted by Crippen LogP contribution is 2.05. The van der Waals surface area contributed by atoms with Crippen LogP contribution in [0.25, 0.3) is 0 Å². The van der Waals surface area contributed by atoms with Crippen LogP contribution in [-0.4, -0.2) is 24.5 Å². The number of nitrogens with zero attached hydrogens (tertiary/aromatic N) is 5. The fraction of sp³-hybridized carbons (Fsp3) is 0.500. The second-order valence-corrected chi connectivity index (χ2v) is 4.18. The first-order valence-electron chi connectivity index (χ1n) is 5.27. The first kappa shape index (κ1) is 11.3. The van der Waals surface area contributed by atoms with E-state index in [0.29, 0.717) is 0 Å². The smallest absolute Gasteiger partial charge is 0.0948 e. The first-order valence-corrected chi connectivity index (χ1v) is 6.39. The monoisotopic (exact) mass is 283 g/mol. The van der Waals surface area contributed by atoms with E-state index in [9.17, 15) is 0 Å². The Labute approximate surface area is 103 Å². The van der Waals surface area contributed by atoms with Gasteiger partial charge in [-0.25, -0.2) is 9.67 Å². The van der Waals surface area contributed by atoms with Crippen molar-refractivity contribution in [2.45, 2.75) is 31.8 Å². The van der Waals surface area contributed by atoms with E-state index < -0.39 is 0 Å². The average molecular weight is 284 g/mol. The minimum absolute atomic E-state index is 0.722. The summed E-state index contributed by atoms with van der Waals surface area (Å²) in [6.45, 7) is 3.87. The van der Waals surface area contributed by atoms with E-state index in [1.54, 1.807) is 0 Å². The summed E-state index contributed by atoms with van der Waals surface area (Å²) in [5, 5.41) is 8.82. The van der Waals surface area contributed by atoms with Crippen LogP contribution in [0, 0.1) is 0 Å². The van der Waals surface area contributed by atoms with Crippen LogP contribution in [0.3, 0.4) is 0 Å². The average Bonchev–Trinajstić information content (AvgIpc) is 2.90. The lowest BCUT2D eigenvalue weighted by Gasteiger charge is -2.05. The lowest BCUT2D eigenvalue weighted by Crippen LogP contribution is -2.07. The van der Waals surface area contributed by atoms with Crippen LogP contribution in [0.4, 0.5) is 0 Å². The summed E-state index contributed by atoms with van der Waals surface area (Å²) in [7, 11) is 0. The second-order valence-electron chi connectivity index (χ2n) is 3.62. The normalized spacial score (nSPS) is 10.9. The zero-order valence-corrected chi connectivity index (χ0v) is 10.8. The lowest BCUT2D eigenvalue weighted by atomic mass is 10.4. The van der Waals surface area contributed by atoms with Crippen molar-refractivity contribution in [3.8, 4) is 0 Å². The molecule has 86 valence electrons. The fourth-order valence-electron chi connectivity index (χ4n) is 1.57. The zero-order chi connectivity index (χ0) is 11.4. The van der Waals surface area contributed by atoms with E-state index in [2.05, 4.69) is 42.7 Å². The van der Waals surface area contributed by atoms with Gasteiger partial charge in [0.2, 0.25) is 0 Å². The minimum Gasteiger partial charge on any atom is -0.333 e. The highest BCUT2D eigenvalue weighted by atomic mass is 79.9. The molecule has 2 heterocycles. The van der Waals surface area contributed by atoms with Gasteiger partial charge in [0.1, 0.15) is 0 Å². The van der Waals surface area contributed by atoms with E-state index in [4.69, 9.17) is 0 Å². The molecule has 0 aliphatic heterocycles. The van der Waals surface area contributed by atoms with Gasteiger partial charge in [-0.15, -0.1) is 5.10 Å². The molecule has 0 fully saturated rings. The van der Waals surface area contributed by atoms with Gasteiger partial charge in [-0.1, -0.05) is 28.1 Å². The quantitative estimate of drug-likeness (QED) is 0.787. The Balaban J connectivity index is 2.10. The molecule has 0 saturated heterocycles. The molecular formula is C10H14BrN5. The number of halogens is 1. The van der Waals surface area contributed by atoms with Gasteiger partial charge < -0.3 is 4.57 Å². The largest absolute Gasteiger partial charge is 0.333 e. The van der Waals surface area contributed by atoms with Crippen molar-refractivity contribution in [2.75, 3.05) is 0 Å². The Bertz CT molecular complexity index is 448. The van der Waals surface area contributed by atoms with Crippen molar-refractivity contribution in [2.24, 2.45) is 0 Å². The van der Waals surface area contributed by atoms with Crippen molar-refractivity contribution < 1.29 is 0 Å². The molecule has 2 aromatic heterocycles. The molecule has 0 aliphatic carbocycles. The van der Waals surface area contributed by atoms with Crippen LogP contribution in [0.5, 0.6) is 0 Å². The Morgan fingerprint density at radius 3 is 3.00 bits per heavy atom. The van der Waals surface area contributed by atoms with Crippen LogP contribution < -0.4 is 0 Å². The molecule has 0 atom stereocenters. The maximum absolute atomic E-state index is 4.16. The van der Waals surface area contributed by atoms with Crippen LogP contribution in [0.1, 0.15) is 24.7 Å². The van der Waals surface area contributed by atoms with Gasteiger partial charge in [0.25, 0.3) is 0 Å². The predicted octanol–water partition coefficient (Wildman–Crippen LogP) is 1.83. The van der Waals surface area contributed by atoms with Gasteiger partial charge >= 0.3 is 0 Å². The summed E-state index contributed by atoms with van der Waals surface area (Å²) >= 11 is 3.35. The first-order chi connectivity index (χ1) is 7.83. The van der Waals surface area contributed by atoms with E-state index in [1.807, 2.05) is 23.4 Å². The Morgan fingerprint density at radius 1 is 1.44 bits per heavy atom. The third kappa shape index (κ3) is 2.49. The molecule has 0 aliphatic rings. The van der Waals surface area contributed by atoms with Crippen molar-refractivity contribution >= 4 is 15.9 Å². The van der Waals surface area contributed by atoms with E-state index in [1.165, 1.54) is 0 Å². The van der Waals surface area contributed by atoms with E-state index in [0.717, 1.165) is 36.2 Å². The summed E-state index contributed by atoms with van der Waals surface area (Å²) in [6.07, 6.45) is 6.79. The number of rotatable bonds is 5. The molecule has 2 aromatic rings. The van der Waals surface area contributed by atoms with Gasteiger partial charge in [0.15, 0.2) is 0 Å². The minimum atomic E-state index is 0.722. The number of alkyl halides is 1. The molecule has 0 amide bonds. The van der Waals surface area contributed by atoms with Gasteiger partial charge in [-0.2, -0.15) is 0 Å². The Kier molecular flexibility index (Phi) is 3.71. The maximum Gasteiger partial charge on any atom is 0.0948 e. The van der Waals surface area contributed by atoms with Crippen molar-refractivity contribution in [1.29, 1.82) is 0 Å². The zero-order valence-electron chi connectivity index (χ0n) is 9.17. The van der Waals surface area contributed by atoms with Gasteiger partial charge in [0.05, 0.1) is 30.5 Å². The molecule has 0 bridgehead atoms. The molecule has 0 spiro atoms. The van der Waals surface area contributed by atoms with E-state index >= 15 is 0 Å². The highest BCUT2D eigenvalue weighted by molar-refractivity contribution is 9.08. The molecule has 0 unspecified atom stereocenters. The van der Waals surface area contributed by atoms with Crippen molar-refractivity contribution in [3.63, 3.8) is 0 Å². The van der Waals surface area contributed by atoms with Gasteiger partial charge in [-0.3, -0.25) is 0 Å². The summed E-state index contributed by atoms with van der Waals surface area (Å²) in [6, 6.07) is 0. The van der Waals surface area contributed by atoms with Crippen molar-refractivity contribution in [1.82, 2.24) is 24.5 Å². The molecule has 0 N–H and O–H groups in total. The highest BCUT2D eigenvalue weighted by Gasteiger charge is 2.04. The van der Waals surface area contributed by atoms with Crippen molar-refractivity contribution in [3.05, 3.63) is 30.1 Å². The summed E-state index contributed by atoms with van der Waals surface area (Å²) in [5.74, 6) is 0. The fourth-order valence-corrected chi connectivity index (χ4v) is 1.82. The molecule has 6 heteroatoms. The number of aromatic nitrogens is 5. The summed E-state index contributed by atoms with van der Waals surface area (Å²) in [5.41, 5.74) is 2.11. The van der Waals surface area contributed by atoms with Crippen LogP contribution in [0.2, 0.25) is 0 Å². The van der Waals surface area contributed by atoms with E-state index in [-0.39, 0.29) is 0 Å². The number of hydrogen-bond donors (Lipinski definition) is 0. The number of imidazole rings is 1. The number of hydrogen-bond acceptors (Lipinski definition) is 3. The third-order valence-electron chi connectivity index (χ3n) is 2.31. The van der Waals surface area contributed by atoms with Gasteiger partial charge in [0, 0.05) is 18.1 Å². The van der Waals surface area contributed by atoms with Crippen LogP contribution in [-0.2, 0) is 18.4 Å². The van der Waals surface area contributed by atoms with Crippen LogP contribution >= 0.6 is 15.9 Å². The second kappa shape index (κ2) is 5.25. The molecule has 0 radical (unpaired) electrons. The molecular weight excluding hydrogens is 270 g/mol. The SMILES string of the molecule is CCCn1cncc1Cn1cc(CBr)nn1. The third-order valence-corrected chi connectivity index (χ3v) is 2.88. The van der Waals surface area contributed by atoms with Crippen LogP contribution in [0.15, 0.2) is 18.7 Å². The molecule has 2 rings (SSSR count). The number of aryl methyl sites for hydroxylation is 1. The Hall–Kier alpha value is -1.17. The lowest BCUT2D eigenvalue weighted by molar-refractivity contribution is 0.583. The molecule has 16 heavy (non-hydrogen) atoms. The molecule has 5 nitrogen and oxygen atoms in total. The summed E-state index contributed by atoms with van der Waals surface area (Å²) < 4.78 is 3.98. The Morgan fingerprint density at radius 2 is 2.31 bits per heavy atom. The predicted molar refractivity (Wildman–Crippen MR) is 64.3 cm³/mol. The summed E-state index contributed by atoms with van der Waals surface area (Å²) in [4.78, 5) is 4.16. The maximum atomic E-state index is 4.16. The molecule has 0 saturated carbocycles. The topological polar surface area (TPSA) is 48.5 Å². The molecule has 0 aromatic carbocycles. The van der Waals surface area contributed by atoms with Gasteiger partial charge in [-0.05, 0) is 6.42 Å². The standard InChI is InChI=1S/C10H14BrN5/c1-2-3-15-8-12-5-10(15)7-16-6-9(4-11)13-14-16/h5-6,8H,2-4,7H2,1H3.